The highest BCUT2D eigenvalue weighted by atomic mass is 16.5. The summed E-state index contributed by atoms with van der Waals surface area (Å²) in [5.41, 5.74) is 3.59. The lowest BCUT2D eigenvalue weighted by atomic mass is 10.1. The van der Waals surface area contributed by atoms with E-state index in [4.69, 9.17) is 4.74 Å². The molecule has 3 aromatic rings. The van der Waals surface area contributed by atoms with Crippen molar-refractivity contribution in [2.45, 2.75) is 13.3 Å². The first-order valence-corrected chi connectivity index (χ1v) is 8.46. The summed E-state index contributed by atoms with van der Waals surface area (Å²) in [7, 11) is 0. The van der Waals surface area contributed by atoms with Crippen molar-refractivity contribution in [1.29, 1.82) is 0 Å². The van der Waals surface area contributed by atoms with Gasteiger partial charge in [-0.25, -0.2) is 0 Å². The van der Waals surface area contributed by atoms with Gasteiger partial charge in [0.2, 0.25) is 0 Å². The number of ether oxygens (including phenoxy) is 1. The fourth-order valence-corrected chi connectivity index (χ4v) is 2.19. The van der Waals surface area contributed by atoms with Gasteiger partial charge in [-0.1, -0.05) is 30.6 Å². The third-order valence-corrected chi connectivity index (χ3v) is 3.50. The normalized spacial score (nSPS) is 9.42. The fourth-order valence-electron chi connectivity index (χ4n) is 2.19. The van der Waals surface area contributed by atoms with Gasteiger partial charge in [-0.3, -0.25) is 9.97 Å². The highest BCUT2D eigenvalue weighted by Crippen LogP contribution is 2.20. The molecule has 0 aliphatic rings. The molecule has 26 heavy (non-hydrogen) atoms. The summed E-state index contributed by atoms with van der Waals surface area (Å²) in [6, 6.07) is 13.4. The molecule has 0 saturated carbocycles. The molecule has 0 aliphatic carbocycles. The molecular weight excluding hydrogens is 320 g/mol. The van der Waals surface area contributed by atoms with Crippen LogP contribution < -0.4 is 4.74 Å². The maximum Gasteiger partial charge on any atom is 0.136 e. The van der Waals surface area contributed by atoms with Crippen LogP contribution in [0.2, 0.25) is 0 Å². The zero-order valence-electron chi connectivity index (χ0n) is 14.6. The molecule has 1 aromatic carbocycles. The summed E-state index contributed by atoms with van der Waals surface area (Å²) in [6.07, 6.45) is 7.87. The monoisotopic (exact) mass is 338 g/mol. The SMILES string of the molecule is CCCOc1cc(C#Cc2ccncc2)ccc1C#Cc1ccncc1. The van der Waals surface area contributed by atoms with Crippen molar-refractivity contribution in [2.24, 2.45) is 0 Å². The Kier molecular flexibility index (Phi) is 6.02. The molecule has 0 unspecified atom stereocenters. The van der Waals surface area contributed by atoms with Crippen LogP contribution >= 0.6 is 0 Å². The summed E-state index contributed by atoms with van der Waals surface area (Å²) < 4.78 is 5.87. The lowest BCUT2D eigenvalue weighted by molar-refractivity contribution is 0.316. The van der Waals surface area contributed by atoms with Crippen molar-refractivity contribution in [3.63, 3.8) is 0 Å². The van der Waals surface area contributed by atoms with E-state index < -0.39 is 0 Å². The van der Waals surface area contributed by atoms with E-state index in [9.17, 15) is 0 Å². The number of rotatable bonds is 3. The molecule has 0 fully saturated rings. The summed E-state index contributed by atoms with van der Waals surface area (Å²) in [5.74, 6) is 13.4. The number of aromatic nitrogens is 2. The summed E-state index contributed by atoms with van der Waals surface area (Å²) in [4.78, 5) is 8.00. The lowest BCUT2D eigenvalue weighted by Crippen LogP contribution is -1.98. The fraction of sp³-hybridized carbons (Fsp3) is 0.130. The van der Waals surface area contributed by atoms with E-state index >= 15 is 0 Å². The molecule has 0 N–H and O–H groups in total. The van der Waals surface area contributed by atoms with Gasteiger partial charge in [-0.05, 0) is 48.9 Å². The number of pyridine rings is 2. The van der Waals surface area contributed by atoms with Gasteiger partial charge < -0.3 is 4.74 Å². The van der Waals surface area contributed by atoms with Crippen LogP contribution in [0.5, 0.6) is 5.75 Å². The van der Waals surface area contributed by atoms with E-state index in [1.54, 1.807) is 24.8 Å². The van der Waals surface area contributed by atoms with E-state index in [-0.39, 0.29) is 0 Å². The van der Waals surface area contributed by atoms with E-state index in [0.29, 0.717) is 6.61 Å². The maximum absolute atomic E-state index is 5.87. The minimum absolute atomic E-state index is 0.644. The number of nitrogens with zero attached hydrogens (tertiary/aromatic N) is 2. The second-order valence-corrected chi connectivity index (χ2v) is 5.53. The van der Waals surface area contributed by atoms with Gasteiger partial charge in [0.25, 0.3) is 0 Å². The number of hydrogen-bond donors (Lipinski definition) is 0. The van der Waals surface area contributed by atoms with Crippen molar-refractivity contribution < 1.29 is 4.74 Å². The van der Waals surface area contributed by atoms with Crippen LogP contribution in [0, 0.1) is 23.7 Å². The molecule has 0 aliphatic heterocycles. The zero-order chi connectivity index (χ0) is 18.0. The molecule has 0 saturated heterocycles. The molecule has 3 heteroatoms. The van der Waals surface area contributed by atoms with Crippen LogP contribution in [-0.4, -0.2) is 16.6 Å². The minimum atomic E-state index is 0.644. The maximum atomic E-state index is 5.87. The second-order valence-electron chi connectivity index (χ2n) is 5.53. The predicted octanol–water partition coefficient (Wildman–Crippen LogP) is 4.07. The van der Waals surface area contributed by atoms with Gasteiger partial charge in [0, 0.05) is 41.5 Å². The van der Waals surface area contributed by atoms with Crippen molar-refractivity contribution in [3.05, 3.63) is 89.5 Å². The van der Waals surface area contributed by atoms with Crippen LogP contribution in [0.4, 0.5) is 0 Å². The molecule has 2 heterocycles. The summed E-state index contributed by atoms with van der Waals surface area (Å²) in [6.45, 7) is 2.72. The van der Waals surface area contributed by atoms with Crippen molar-refractivity contribution in [2.75, 3.05) is 6.61 Å². The standard InChI is InChI=1S/C23H18N2O/c1-2-17-26-23-18-21(4-3-19-9-13-24-14-10-19)6-8-22(23)7-5-20-11-15-25-16-12-20/h6,8-16,18H,2,17H2,1H3. The first kappa shape index (κ1) is 17.3. The molecule has 3 nitrogen and oxygen atoms in total. The van der Waals surface area contributed by atoms with E-state index in [1.807, 2.05) is 42.5 Å². The van der Waals surface area contributed by atoms with Crippen molar-refractivity contribution in [1.82, 2.24) is 9.97 Å². The van der Waals surface area contributed by atoms with E-state index in [1.165, 1.54) is 0 Å². The van der Waals surface area contributed by atoms with Crippen LogP contribution in [0.15, 0.2) is 67.3 Å². The average molecular weight is 338 g/mol. The molecule has 0 amide bonds. The highest BCUT2D eigenvalue weighted by Gasteiger charge is 2.02. The Morgan fingerprint density at radius 3 is 1.92 bits per heavy atom. The Morgan fingerprint density at radius 2 is 1.31 bits per heavy atom. The smallest absolute Gasteiger partial charge is 0.136 e. The van der Waals surface area contributed by atoms with E-state index in [2.05, 4.69) is 40.6 Å². The minimum Gasteiger partial charge on any atom is -0.492 e. The Bertz CT molecular complexity index is 975. The molecule has 0 spiro atoms. The third kappa shape index (κ3) is 4.97. The first-order valence-electron chi connectivity index (χ1n) is 8.46. The van der Waals surface area contributed by atoms with Gasteiger partial charge in [-0.15, -0.1) is 0 Å². The quantitative estimate of drug-likeness (QED) is 0.676. The zero-order valence-corrected chi connectivity index (χ0v) is 14.6. The molecule has 3 rings (SSSR count). The van der Waals surface area contributed by atoms with Crippen LogP contribution in [0.25, 0.3) is 0 Å². The van der Waals surface area contributed by atoms with Crippen LogP contribution in [-0.2, 0) is 0 Å². The highest BCUT2D eigenvalue weighted by molar-refractivity contribution is 5.54. The Morgan fingerprint density at radius 1 is 0.731 bits per heavy atom. The molecule has 0 bridgehead atoms. The van der Waals surface area contributed by atoms with Gasteiger partial charge in [-0.2, -0.15) is 0 Å². The lowest BCUT2D eigenvalue weighted by Gasteiger charge is -2.07. The molecule has 0 atom stereocenters. The molecular formula is C23H18N2O. The largest absolute Gasteiger partial charge is 0.492 e. The van der Waals surface area contributed by atoms with Crippen molar-refractivity contribution in [3.8, 4) is 29.4 Å². The Hall–Kier alpha value is -3.56. The van der Waals surface area contributed by atoms with Gasteiger partial charge >= 0.3 is 0 Å². The van der Waals surface area contributed by atoms with Crippen LogP contribution in [0.3, 0.4) is 0 Å². The van der Waals surface area contributed by atoms with Gasteiger partial charge in [0.15, 0.2) is 0 Å². The first-order chi connectivity index (χ1) is 12.8. The average Bonchev–Trinajstić information content (AvgIpc) is 2.71. The number of hydrogen-bond acceptors (Lipinski definition) is 3. The summed E-state index contributed by atoms with van der Waals surface area (Å²) >= 11 is 0. The van der Waals surface area contributed by atoms with Crippen molar-refractivity contribution >= 4 is 0 Å². The predicted molar refractivity (Wildman–Crippen MR) is 103 cm³/mol. The van der Waals surface area contributed by atoms with Gasteiger partial charge in [0.05, 0.1) is 12.2 Å². The topological polar surface area (TPSA) is 35.0 Å². The van der Waals surface area contributed by atoms with Crippen LogP contribution in [0.1, 0.15) is 35.6 Å². The number of benzene rings is 1. The molecule has 0 radical (unpaired) electrons. The van der Waals surface area contributed by atoms with Gasteiger partial charge in [0.1, 0.15) is 5.75 Å². The Labute approximate surface area is 154 Å². The van der Waals surface area contributed by atoms with E-state index in [0.717, 1.165) is 34.4 Å². The Balaban J connectivity index is 1.89. The summed E-state index contributed by atoms with van der Waals surface area (Å²) in [5, 5.41) is 0. The molecule has 126 valence electrons. The molecule has 2 aromatic heterocycles. The third-order valence-electron chi connectivity index (χ3n) is 3.50. The second kappa shape index (κ2) is 9.06.